The van der Waals surface area contributed by atoms with Crippen LogP contribution in [0.25, 0.3) is 0 Å². The lowest BCUT2D eigenvalue weighted by Crippen LogP contribution is -2.48. The number of carbonyl (C=O) groups excluding carboxylic acids is 2. The van der Waals surface area contributed by atoms with E-state index in [4.69, 9.17) is 19.7 Å². The molecule has 0 aliphatic carbocycles. The van der Waals surface area contributed by atoms with E-state index in [0.717, 1.165) is 0 Å². The zero-order chi connectivity index (χ0) is 25.3. The maximum atomic E-state index is 12.1. The molecule has 0 aromatic rings. The Morgan fingerprint density at radius 3 is 1.15 bits per heavy atom. The number of esters is 2. The second kappa shape index (κ2) is 17.2. The third kappa shape index (κ3) is 14.1. The zero-order valence-corrected chi connectivity index (χ0v) is 20.4. The molecular weight excluding hydrogens is 448 g/mol. The molecule has 12 nitrogen and oxygen atoms in total. The Hall–Kier alpha value is -2.28. The van der Waals surface area contributed by atoms with E-state index in [-0.39, 0.29) is 37.9 Å². The number of rotatable bonds is 12. The molecule has 0 atom stereocenters. The maximum Gasteiger partial charge on any atom is 0.320 e. The fraction of sp³-hybridized carbons (Fsp3) is 0.818. The van der Waals surface area contributed by atoms with Gasteiger partial charge in [0.25, 0.3) is 0 Å². The van der Waals surface area contributed by atoms with Gasteiger partial charge in [0.05, 0.1) is 39.1 Å². The van der Waals surface area contributed by atoms with Crippen molar-refractivity contribution in [1.82, 2.24) is 19.6 Å². The van der Waals surface area contributed by atoms with Gasteiger partial charge in [0.2, 0.25) is 0 Å². The van der Waals surface area contributed by atoms with Crippen molar-refractivity contribution in [2.75, 3.05) is 91.8 Å². The average molecular weight is 489 g/mol. The lowest BCUT2D eigenvalue weighted by atomic mass is 10.3. The van der Waals surface area contributed by atoms with Crippen molar-refractivity contribution in [3.05, 3.63) is 0 Å². The van der Waals surface area contributed by atoms with Crippen molar-refractivity contribution in [3.8, 4) is 0 Å². The Labute approximate surface area is 201 Å². The van der Waals surface area contributed by atoms with Crippen LogP contribution in [0.15, 0.2) is 0 Å². The standard InChI is InChI=1S/C22H40N4O8/c1-3-33-21(31)17-25-13-9-23(7-5-19(27)28)11-15-26(18-22(32)34-4-2)16-12-24(10-14-25)8-6-20(29)30/h3-18H2,1-2H3,(H,27,28)(H,29,30). The highest BCUT2D eigenvalue weighted by molar-refractivity contribution is 5.72. The summed E-state index contributed by atoms with van der Waals surface area (Å²) < 4.78 is 10.2. The van der Waals surface area contributed by atoms with Gasteiger partial charge in [0.1, 0.15) is 0 Å². The van der Waals surface area contributed by atoms with Crippen LogP contribution in [-0.4, -0.2) is 145 Å². The minimum Gasteiger partial charge on any atom is -0.481 e. The first-order valence-electron chi connectivity index (χ1n) is 11.9. The van der Waals surface area contributed by atoms with E-state index < -0.39 is 11.9 Å². The summed E-state index contributed by atoms with van der Waals surface area (Å²) in [5.41, 5.74) is 0. The SMILES string of the molecule is CCOC(=O)CN1CCN(CCC(=O)O)CCN(CC(=O)OCC)CCN(CCC(=O)O)CC1. The lowest BCUT2D eigenvalue weighted by Gasteiger charge is -2.33. The number of carboxylic acid groups (broad SMARTS) is 2. The predicted molar refractivity (Wildman–Crippen MR) is 124 cm³/mol. The van der Waals surface area contributed by atoms with E-state index in [2.05, 4.69) is 0 Å². The molecule has 1 aliphatic rings. The summed E-state index contributed by atoms with van der Waals surface area (Å²) in [6, 6.07) is 0. The van der Waals surface area contributed by atoms with Gasteiger partial charge in [-0.1, -0.05) is 0 Å². The number of aliphatic carboxylic acids is 2. The van der Waals surface area contributed by atoms with Gasteiger partial charge in [-0.15, -0.1) is 0 Å². The average Bonchev–Trinajstić information content (AvgIpc) is 2.76. The van der Waals surface area contributed by atoms with Crippen LogP contribution < -0.4 is 0 Å². The van der Waals surface area contributed by atoms with Gasteiger partial charge in [0.15, 0.2) is 0 Å². The molecule has 1 aliphatic heterocycles. The Kier molecular flexibility index (Phi) is 15.0. The Balaban J connectivity index is 2.95. The lowest BCUT2D eigenvalue weighted by molar-refractivity contribution is -0.145. The molecular formula is C22H40N4O8. The van der Waals surface area contributed by atoms with E-state index >= 15 is 0 Å². The van der Waals surface area contributed by atoms with Crippen LogP contribution in [0.4, 0.5) is 0 Å². The molecule has 34 heavy (non-hydrogen) atoms. The fourth-order valence-corrected chi connectivity index (χ4v) is 3.63. The highest BCUT2D eigenvalue weighted by Crippen LogP contribution is 2.04. The summed E-state index contributed by atoms with van der Waals surface area (Å²) in [6.07, 6.45) is -0.00254. The van der Waals surface area contributed by atoms with Crippen molar-refractivity contribution in [1.29, 1.82) is 0 Å². The monoisotopic (exact) mass is 488 g/mol. The normalized spacial score (nSPS) is 17.9. The summed E-state index contributed by atoms with van der Waals surface area (Å²) in [7, 11) is 0. The second-order valence-corrected chi connectivity index (χ2v) is 8.13. The van der Waals surface area contributed by atoms with Gasteiger partial charge in [-0.05, 0) is 13.8 Å². The van der Waals surface area contributed by atoms with Crippen LogP contribution in [0.1, 0.15) is 26.7 Å². The number of nitrogens with zero attached hydrogens (tertiary/aromatic N) is 4. The first-order valence-corrected chi connectivity index (χ1v) is 11.9. The minimum absolute atomic E-state index is 0.00127. The summed E-state index contributed by atoms with van der Waals surface area (Å²) in [4.78, 5) is 54.3. The summed E-state index contributed by atoms with van der Waals surface area (Å²) in [6.45, 7) is 9.35. The van der Waals surface area contributed by atoms with Crippen LogP contribution in [0.3, 0.4) is 0 Å². The second-order valence-electron chi connectivity index (χ2n) is 8.13. The number of ether oxygens (including phenoxy) is 2. The van der Waals surface area contributed by atoms with Crippen LogP contribution in [0.5, 0.6) is 0 Å². The van der Waals surface area contributed by atoms with Crippen LogP contribution in [-0.2, 0) is 28.7 Å². The van der Waals surface area contributed by atoms with E-state index in [1.165, 1.54) is 0 Å². The molecule has 196 valence electrons. The molecule has 0 bridgehead atoms. The number of hydrogen-bond acceptors (Lipinski definition) is 10. The molecule has 0 aromatic carbocycles. The van der Waals surface area contributed by atoms with Crippen molar-refractivity contribution in [2.45, 2.75) is 26.7 Å². The molecule has 0 spiro atoms. The maximum absolute atomic E-state index is 12.1. The number of carboxylic acids is 2. The molecule has 0 unspecified atom stereocenters. The van der Waals surface area contributed by atoms with E-state index in [1.807, 2.05) is 19.6 Å². The van der Waals surface area contributed by atoms with E-state index in [1.54, 1.807) is 13.8 Å². The minimum atomic E-state index is -0.882. The van der Waals surface area contributed by atoms with Gasteiger partial charge in [0, 0.05) is 65.4 Å². The van der Waals surface area contributed by atoms with Gasteiger partial charge < -0.3 is 29.5 Å². The molecule has 2 N–H and O–H groups in total. The molecule has 1 fully saturated rings. The smallest absolute Gasteiger partial charge is 0.320 e. The molecule has 0 aromatic heterocycles. The van der Waals surface area contributed by atoms with E-state index in [0.29, 0.717) is 78.7 Å². The third-order valence-electron chi connectivity index (χ3n) is 5.53. The molecule has 0 saturated carbocycles. The quantitative estimate of drug-likeness (QED) is 0.335. The summed E-state index contributed by atoms with van der Waals surface area (Å²) in [5.74, 6) is -2.42. The Bertz CT molecular complexity index is 578. The van der Waals surface area contributed by atoms with Crippen LogP contribution in [0, 0.1) is 0 Å². The van der Waals surface area contributed by atoms with Crippen LogP contribution >= 0.6 is 0 Å². The Morgan fingerprint density at radius 1 is 0.588 bits per heavy atom. The van der Waals surface area contributed by atoms with Gasteiger partial charge in [-0.25, -0.2) is 0 Å². The molecule has 12 heteroatoms. The largest absolute Gasteiger partial charge is 0.481 e. The highest BCUT2D eigenvalue weighted by atomic mass is 16.5. The Morgan fingerprint density at radius 2 is 0.882 bits per heavy atom. The number of carbonyl (C=O) groups is 4. The van der Waals surface area contributed by atoms with Gasteiger partial charge in [-0.2, -0.15) is 0 Å². The van der Waals surface area contributed by atoms with Crippen molar-refractivity contribution < 1.29 is 38.9 Å². The fourth-order valence-electron chi connectivity index (χ4n) is 3.63. The molecule has 0 radical (unpaired) electrons. The first kappa shape index (κ1) is 29.8. The summed E-state index contributed by atoms with van der Waals surface area (Å²) >= 11 is 0. The van der Waals surface area contributed by atoms with Crippen molar-refractivity contribution >= 4 is 23.9 Å². The topological polar surface area (TPSA) is 140 Å². The predicted octanol–water partition coefficient (Wildman–Crippen LogP) is -0.716. The first-order chi connectivity index (χ1) is 16.2. The molecule has 1 rings (SSSR count). The van der Waals surface area contributed by atoms with Crippen molar-refractivity contribution in [3.63, 3.8) is 0 Å². The van der Waals surface area contributed by atoms with Gasteiger partial charge in [-0.3, -0.25) is 29.0 Å². The van der Waals surface area contributed by atoms with Crippen LogP contribution in [0.2, 0.25) is 0 Å². The van der Waals surface area contributed by atoms with Crippen molar-refractivity contribution in [2.24, 2.45) is 0 Å². The molecule has 1 heterocycles. The number of hydrogen-bond donors (Lipinski definition) is 2. The highest BCUT2D eigenvalue weighted by Gasteiger charge is 2.20. The van der Waals surface area contributed by atoms with Gasteiger partial charge >= 0.3 is 23.9 Å². The molecule has 1 saturated heterocycles. The van der Waals surface area contributed by atoms with E-state index in [9.17, 15) is 19.2 Å². The zero-order valence-electron chi connectivity index (χ0n) is 20.4. The summed E-state index contributed by atoms with van der Waals surface area (Å²) in [5, 5.41) is 18.2. The third-order valence-corrected chi connectivity index (χ3v) is 5.53. The molecule has 0 amide bonds.